The second-order valence-corrected chi connectivity index (χ2v) is 6.83. The van der Waals surface area contributed by atoms with Crippen molar-refractivity contribution in [3.8, 4) is 11.8 Å². The molecule has 0 aromatic heterocycles. The molecule has 2 rings (SSSR count). The zero-order valence-electron chi connectivity index (χ0n) is 17.4. The molecule has 0 saturated carbocycles. The van der Waals surface area contributed by atoms with E-state index in [1.54, 1.807) is 24.3 Å². The van der Waals surface area contributed by atoms with Gasteiger partial charge in [-0.3, -0.25) is 19.6 Å². The van der Waals surface area contributed by atoms with Crippen LogP contribution in [0.15, 0.2) is 48.5 Å². The molecule has 30 heavy (non-hydrogen) atoms. The van der Waals surface area contributed by atoms with Crippen molar-refractivity contribution in [2.45, 2.75) is 25.8 Å². The third-order valence-electron chi connectivity index (χ3n) is 5.03. The van der Waals surface area contributed by atoms with E-state index in [4.69, 9.17) is 5.21 Å². The summed E-state index contributed by atoms with van der Waals surface area (Å²) in [6.07, 6.45) is 0.969. The molecule has 7 heteroatoms. The summed E-state index contributed by atoms with van der Waals surface area (Å²) in [6, 6.07) is 14.5. The van der Waals surface area contributed by atoms with Gasteiger partial charge in [0.1, 0.15) is 0 Å². The minimum Gasteiger partial charge on any atom is -0.357 e. The first-order valence-electron chi connectivity index (χ1n) is 9.43. The Morgan fingerprint density at radius 3 is 1.90 bits per heavy atom. The molecular weight excluding hydrogens is 382 g/mol. The second-order valence-electron chi connectivity index (χ2n) is 6.83. The molecule has 3 amide bonds. The van der Waals surface area contributed by atoms with E-state index < -0.39 is 23.3 Å². The number of rotatable bonds is 5. The molecule has 0 spiro atoms. The number of nitrogens with zero attached hydrogens (tertiary/aromatic N) is 1. The number of hydrogen-bond donors (Lipinski definition) is 3. The molecule has 0 fully saturated rings. The van der Waals surface area contributed by atoms with Crippen LogP contribution in [0.1, 0.15) is 40.9 Å². The summed E-state index contributed by atoms with van der Waals surface area (Å²) < 4.78 is 0. The molecule has 2 aromatic carbocycles. The highest BCUT2D eigenvalue weighted by Crippen LogP contribution is 2.18. The first-order chi connectivity index (χ1) is 14.3. The molecule has 156 valence electrons. The van der Waals surface area contributed by atoms with Crippen LogP contribution in [0.4, 0.5) is 0 Å². The maximum atomic E-state index is 12.8. The van der Waals surface area contributed by atoms with Gasteiger partial charge in [0.2, 0.25) is 0 Å². The first kappa shape index (κ1) is 22.7. The van der Waals surface area contributed by atoms with Crippen molar-refractivity contribution in [2.24, 2.45) is 0 Å². The fourth-order valence-electron chi connectivity index (χ4n) is 2.82. The molecule has 0 bridgehead atoms. The van der Waals surface area contributed by atoms with Gasteiger partial charge in [0, 0.05) is 30.8 Å². The number of benzene rings is 2. The number of aryl methyl sites for hydroxylation is 1. The SMILES string of the molecule is CCc1ccc(C#Cc2ccc(C(=O)N(C)[C@@](C)(C(=O)NC)C(=O)NO)cc2)cc1. The van der Waals surface area contributed by atoms with E-state index in [1.165, 1.54) is 32.1 Å². The van der Waals surface area contributed by atoms with Gasteiger partial charge in [-0.1, -0.05) is 30.9 Å². The largest absolute Gasteiger partial charge is 0.357 e. The molecular formula is C23H25N3O4. The van der Waals surface area contributed by atoms with Crippen LogP contribution in [0, 0.1) is 11.8 Å². The first-order valence-corrected chi connectivity index (χ1v) is 9.43. The molecule has 0 unspecified atom stereocenters. The van der Waals surface area contributed by atoms with E-state index in [9.17, 15) is 14.4 Å². The standard InChI is InChI=1S/C23H25N3O4/c1-5-16-6-8-17(9-7-16)10-11-18-12-14-19(15-13-18)20(27)26(4)23(2,21(28)24-3)22(29)25-30/h6-9,12-15,30H,5H2,1-4H3,(H,24,28)(H,25,29)/t23-/m0/s1. The number of hydrogen-bond acceptors (Lipinski definition) is 4. The molecule has 0 radical (unpaired) electrons. The van der Waals surface area contributed by atoms with Gasteiger partial charge in [-0.2, -0.15) is 0 Å². The summed E-state index contributed by atoms with van der Waals surface area (Å²) in [6.45, 7) is 3.34. The van der Waals surface area contributed by atoms with Crippen LogP contribution in [-0.4, -0.2) is 47.5 Å². The Labute approximate surface area is 176 Å². The van der Waals surface area contributed by atoms with E-state index in [2.05, 4.69) is 24.1 Å². The number of nitrogens with one attached hydrogen (secondary N) is 2. The lowest BCUT2D eigenvalue weighted by Crippen LogP contribution is -2.64. The molecule has 1 atom stereocenters. The van der Waals surface area contributed by atoms with Crippen LogP contribution in [0.3, 0.4) is 0 Å². The van der Waals surface area contributed by atoms with Crippen molar-refractivity contribution in [3.63, 3.8) is 0 Å². The van der Waals surface area contributed by atoms with Crippen LogP contribution in [0.5, 0.6) is 0 Å². The zero-order valence-corrected chi connectivity index (χ0v) is 17.4. The molecule has 2 aromatic rings. The molecule has 0 aliphatic carbocycles. The Morgan fingerprint density at radius 2 is 1.47 bits per heavy atom. The molecule has 0 aliphatic heterocycles. The summed E-state index contributed by atoms with van der Waals surface area (Å²) in [4.78, 5) is 38.1. The predicted octanol–water partition coefficient (Wildman–Crippen LogP) is 1.73. The summed E-state index contributed by atoms with van der Waals surface area (Å²) >= 11 is 0. The van der Waals surface area contributed by atoms with E-state index in [1.807, 2.05) is 24.3 Å². The molecule has 7 nitrogen and oxygen atoms in total. The summed E-state index contributed by atoms with van der Waals surface area (Å²) in [5.41, 5.74) is 2.64. The van der Waals surface area contributed by atoms with Crippen molar-refractivity contribution in [2.75, 3.05) is 14.1 Å². The topological polar surface area (TPSA) is 98.7 Å². The Hall–Kier alpha value is -3.63. The third kappa shape index (κ3) is 4.67. The zero-order chi connectivity index (χ0) is 22.3. The van der Waals surface area contributed by atoms with Gasteiger partial charge in [0.15, 0.2) is 5.54 Å². The summed E-state index contributed by atoms with van der Waals surface area (Å²) in [5.74, 6) is 3.81. The van der Waals surface area contributed by atoms with Crippen LogP contribution < -0.4 is 10.8 Å². The van der Waals surface area contributed by atoms with Crippen molar-refractivity contribution < 1.29 is 19.6 Å². The Morgan fingerprint density at radius 1 is 0.967 bits per heavy atom. The van der Waals surface area contributed by atoms with Gasteiger partial charge in [0.05, 0.1) is 0 Å². The normalized spacial score (nSPS) is 12.0. The third-order valence-corrected chi connectivity index (χ3v) is 5.03. The van der Waals surface area contributed by atoms with Crippen LogP contribution in [-0.2, 0) is 16.0 Å². The minimum atomic E-state index is -1.93. The number of carbonyl (C=O) groups excluding carboxylic acids is 3. The van der Waals surface area contributed by atoms with Crippen LogP contribution >= 0.6 is 0 Å². The van der Waals surface area contributed by atoms with Crippen LogP contribution in [0.2, 0.25) is 0 Å². The predicted molar refractivity (Wildman–Crippen MR) is 113 cm³/mol. The molecule has 3 N–H and O–H groups in total. The van der Waals surface area contributed by atoms with Crippen molar-refractivity contribution in [1.29, 1.82) is 0 Å². The van der Waals surface area contributed by atoms with Crippen LogP contribution in [0.25, 0.3) is 0 Å². The smallest absolute Gasteiger partial charge is 0.278 e. The summed E-state index contributed by atoms with van der Waals surface area (Å²) in [5, 5.41) is 11.3. The van der Waals surface area contributed by atoms with Gasteiger partial charge >= 0.3 is 0 Å². The minimum absolute atomic E-state index is 0.274. The lowest BCUT2D eigenvalue weighted by molar-refractivity contribution is -0.148. The van der Waals surface area contributed by atoms with E-state index in [-0.39, 0.29) is 5.56 Å². The highest BCUT2D eigenvalue weighted by Gasteiger charge is 2.47. The van der Waals surface area contributed by atoms with Gasteiger partial charge in [0.25, 0.3) is 17.7 Å². The van der Waals surface area contributed by atoms with Crippen molar-refractivity contribution in [3.05, 3.63) is 70.8 Å². The highest BCUT2D eigenvalue weighted by molar-refractivity contribution is 6.12. The Kier molecular flexibility index (Phi) is 7.34. The Balaban J connectivity index is 2.22. The van der Waals surface area contributed by atoms with Gasteiger partial charge in [-0.25, -0.2) is 5.48 Å². The second kappa shape index (κ2) is 9.72. The van der Waals surface area contributed by atoms with E-state index in [0.717, 1.165) is 22.4 Å². The fourth-order valence-corrected chi connectivity index (χ4v) is 2.82. The van der Waals surface area contributed by atoms with Crippen molar-refractivity contribution >= 4 is 17.7 Å². The molecule has 0 aliphatic rings. The van der Waals surface area contributed by atoms with Gasteiger partial charge < -0.3 is 10.2 Å². The maximum Gasteiger partial charge on any atom is 0.278 e. The maximum absolute atomic E-state index is 12.8. The highest BCUT2D eigenvalue weighted by atomic mass is 16.5. The van der Waals surface area contributed by atoms with E-state index in [0.29, 0.717) is 0 Å². The summed E-state index contributed by atoms with van der Waals surface area (Å²) in [7, 11) is 2.66. The average Bonchev–Trinajstić information content (AvgIpc) is 2.80. The van der Waals surface area contributed by atoms with Gasteiger partial charge in [-0.05, 0) is 55.3 Å². The number of amides is 3. The fraction of sp³-hybridized carbons (Fsp3) is 0.261. The van der Waals surface area contributed by atoms with Gasteiger partial charge in [-0.15, -0.1) is 0 Å². The number of likely N-dealkylation sites (N-methyl/N-ethyl adjacent to an activating group) is 2. The van der Waals surface area contributed by atoms with Crippen molar-refractivity contribution in [1.82, 2.24) is 15.7 Å². The lowest BCUT2D eigenvalue weighted by atomic mass is 9.96. The quantitative estimate of drug-likeness (QED) is 0.304. The molecule has 0 heterocycles. The van der Waals surface area contributed by atoms with E-state index >= 15 is 0 Å². The number of hydroxylamine groups is 1. The monoisotopic (exact) mass is 407 g/mol. The molecule has 0 saturated heterocycles. The average molecular weight is 407 g/mol. The lowest BCUT2D eigenvalue weighted by Gasteiger charge is -2.34. The Bertz CT molecular complexity index is 970. The number of carbonyl (C=O) groups is 3.